The molecule has 1 aliphatic heterocycles. The van der Waals surface area contributed by atoms with Gasteiger partial charge in [-0.1, -0.05) is 19.1 Å². The molecule has 1 fully saturated rings. The van der Waals surface area contributed by atoms with Crippen molar-refractivity contribution in [3.63, 3.8) is 0 Å². The zero-order valence-corrected chi connectivity index (χ0v) is 15.7. The van der Waals surface area contributed by atoms with Gasteiger partial charge in [-0.25, -0.2) is 4.98 Å². The fraction of sp³-hybridized carbons (Fsp3) is 0.450. The maximum Gasteiger partial charge on any atom is 0.253 e. The molecule has 1 aliphatic rings. The van der Waals surface area contributed by atoms with Crippen molar-refractivity contribution < 1.29 is 14.3 Å². The molecule has 0 aliphatic carbocycles. The van der Waals surface area contributed by atoms with Gasteiger partial charge in [0.05, 0.1) is 12.7 Å². The number of rotatable bonds is 7. The molecule has 1 amide bonds. The number of H-pyrrole nitrogens is 1. The van der Waals surface area contributed by atoms with Crippen molar-refractivity contribution in [3.05, 3.63) is 46.4 Å². The van der Waals surface area contributed by atoms with Crippen LogP contribution >= 0.6 is 0 Å². The topological polar surface area (TPSA) is 93.3 Å². The van der Waals surface area contributed by atoms with Crippen LogP contribution in [0.3, 0.4) is 0 Å². The molecular formula is C20H25N3O4. The lowest BCUT2D eigenvalue weighted by Crippen LogP contribution is -2.30. The van der Waals surface area contributed by atoms with Crippen molar-refractivity contribution in [2.45, 2.75) is 45.3 Å². The Kier molecular flexibility index (Phi) is 6.36. The molecule has 0 spiro atoms. The highest BCUT2D eigenvalue weighted by molar-refractivity contribution is 5.94. The Bertz CT molecular complexity index is 843. The molecule has 27 heavy (non-hydrogen) atoms. The number of carbonyl (C=O) groups excluding carboxylic acids is 1. The standard InChI is InChI=1S/C20H25N3O4/c1-3-15-11-18(24)23-19(21-15)14-6-4-7-16(10-14)22-20(25)13(2)27-12-17-8-5-9-26-17/h4,6-7,10-11,13,17H,3,5,8-9,12H2,1-2H3,(H,22,25)(H,21,23,24)/t13-,17+/m0/s1. The maximum absolute atomic E-state index is 12.4. The highest BCUT2D eigenvalue weighted by Crippen LogP contribution is 2.19. The van der Waals surface area contributed by atoms with Gasteiger partial charge in [-0.2, -0.15) is 0 Å². The van der Waals surface area contributed by atoms with Crippen LogP contribution in [0.5, 0.6) is 0 Å². The Morgan fingerprint density at radius 2 is 2.30 bits per heavy atom. The molecule has 2 aromatic rings. The summed E-state index contributed by atoms with van der Waals surface area (Å²) in [5.41, 5.74) is 1.88. The highest BCUT2D eigenvalue weighted by Gasteiger charge is 2.20. The van der Waals surface area contributed by atoms with Crippen molar-refractivity contribution >= 4 is 11.6 Å². The van der Waals surface area contributed by atoms with E-state index in [1.54, 1.807) is 25.1 Å². The van der Waals surface area contributed by atoms with Gasteiger partial charge in [0.2, 0.25) is 0 Å². The van der Waals surface area contributed by atoms with Crippen LogP contribution in [0, 0.1) is 0 Å². The van der Waals surface area contributed by atoms with Crippen molar-refractivity contribution in [1.82, 2.24) is 9.97 Å². The smallest absolute Gasteiger partial charge is 0.253 e. The molecule has 0 bridgehead atoms. The van der Waals surface area contributed by atoms with Gasteiger partial charge in [0.15, 0.2) is 0 Å². The predicted octanol–water partition coefficient (Wildman–Crippen LogP) is 2.52. The number of nitrogens with one attached hydrogen (secondary N) is 2. The fourth-order valence-electron chi connectivity index (χ4n) is 2.92. The number of aryl methyl sites for hydroxylation is 1. The Morgan fingerprint density at radius 3 is 3.04 bits per heavy atom. The van der Waals surface area contributed by atoms with Gasteiger partial charge in [0, 0.05) is 29.6 Å². The Labute approximate surface area is 158 Å². The van der Waals surface area contributed by atoms with Gasteiger partial charge in [0.25, 0.3) is 11.5 Å². The number of hydrogen-bond acceptors (Lipinski definition) is 5. The number of hydrogen-bond donors (Lipinski definition) is 2. The number of aromatic nitrogens is 2. The van der Waals surface area contributed by atoms with E-state index in [9.17, 15) is 9.59 Å². The molecule has 0 unspecified atom stereocenters. The van der Waals surface area contributed by atoms with Gasteiger partial charge in [-0.05, 0) is 38.3 Å². The van der Waals surface area contributed by atoms with Crippen molar-refractivity contribution in [1.29, 1.82) is 0 Å². The molecule has 1 aromatic heterocycles. The Balaban J connectivity index is 1.65. The summed E-state index contributed by atoms with van der Waals surface area (Å²) in [6, 6.07) is 8.70. The van der Waals surface area contributed by atoms with Crippen LogP contribution < -0.4 is 10.9 Å². The van der Waals surface area contributed by atoms with Crippen molar-refractivity contribution in [2.24, 2.45) is 0 Å². The normalized spacial score (nSPS) is 17.6. The highest BCUT2D eigenvalue weighted by atomic mass is 16.5. The van der Waals surface area contributed by atoms with E-state index in [1.165, 1.54) is 6.07 Å². The summed E-state index contributed by atoms with van der Waals surface area (Å²) in [4.78, 5) is 31.3. The number of benzene rings is 1. The number of carbonyl (C=O) groups is 1. The molecule has 144 valence electrons. The third kappa shape index (κ3) is 5.24. The predicted molar refractivity (Wildman–Crippen MR) is 103 cm³/mol. The van der Waals surface area contributed by atoms with Crippen LogP contribution in [0.15, 0.2) is 35.1 Å². The van der Waals surface area contributed by atoms with Crippen LogP contribution in [0.4, 0.5) is 5.69 Å². The third-order valence-electron chi connectivity index (χ3n) is 4.49. The van der Waals surface area contributed by atoms with Gasteiger partial charge < -0.3 is 19.8 Å². The Hall–Kier alpha value is -2.51. The molecule has 7 nitrogen and oxygen atoms in total. The first-order valence-corrected chi connectivity index (χ1v) is 9.30. The summed E-state index contributed by atoms with van der Waals surface area (Å²) >= 11 is 0. The number of ether oxygens (including phenoxy) is 2. The van der Waals surface area contributed by atoms with Crippen LogP contribution in [-0.2, 0) is 20.7 Å². The first kappa shape index (κ1) is 19.3. The zero-order valence-electron chi connectivity index (χ0n) is 15.7. The van der Waals surface area contributed by atoms with Gasteiger partial charge in [0.1, 0.15) is 11.9 Å². The number of aromatic amines is 1. The number of amides is 1. The SMILES string of the molecule is CCc1cc(=O)[nH]c(-c2cccc(NC(=O)[C@H](C)OC[C@H]3CCCO3)c2)n1. The second-order valence-electron chi connectivity index (χ2n) is 6.62. The average molecular weight is 371 g/mol. The summed E-state index contributed by atoms with van der Waals surface area (Å²) in [7, 11) is 0. The molecule has 2 atom stereocenters. The number of anilines is 1. The van der Waals surface area contributed by atoms with Crippen molar-refractivity contribution in [2.75, 3.05) is 18.5 Å². The second kappa shape index (κ2) is 8.92. The monoisotopic (exact) mass is 371 g/mol. The van der Waals surface area contributed by atoms with E-state index in [0.717, 1.165) is 30.7 Å². The van der Waals surface area contributed by atoms with E-state index < -0.39 is 6.10 Å². The fourth-order valence-corrected chi connectivity index (χ4v) is 2.92. The van der Waals surface area contributed by atoms with E-state index in [-0.39, 0.29) is 17.6 Å². The van der Waals surface area contributed by atoms with Crippen LogP contribution in [0.1, 0.15) is 32.4 Å². The quantitative estimate of drug-likeness (QED) is 0.780. The molecule has 1 saturated heterocycles. The lowest BCUT2D eigenvalue weighted by atomic mass is 10.1. The molecule has 1 aromatic carbocycles. The summed E-state index contributed by atoms with van der Waals surface area (Å²) in [5, 5.41) is 2.85. The van der Waals surface area contributed by atoms with Gasteiger partial charge in [-0.3, -0.25) is 9.59 Å². The van der Waals surface area contributed by atoms with Crippen LogP contribution in [0.25, 0.3) is 11.4 Å². The lowest BCUT2D eigenvalue weighted by molar-refractivity contribution is -0.128. The van der Waals surface area contributed by atoms with Gasteiger partial charge >= 0.3 is 0 Å². The third-order valence-corrected chi connectivity index (χ3v) is 4.49. The molecule has 0 radical (unpaired) electrons. The second-order valence-corrected chi connectivity index (χ2v) is 6.62. The molecular weight excluding hydrogens is 346 g/mol. The largest absolute Gasteiger partial charge is 0.376 e. The van der Waals surface area contributed by atoms with E-state index >= 15 is 0 Å². The molecule has 2 N–H and O–H groups in total. The summed E-state index contributed by atoms with van der Waals surface area (Å²) in [6.45, 7) is 4.85. The van der Waals surface area contributed by atoms with Crippen molar-refractivity contribution in [3.8, 4) is 11.4 Å². The van der Waals surface area contributed by atoms with Gasteiger partial charge in [-0.15, -0.1) is 0 Å². The molecule has 3 rings (SSSR count). The summed E-state index contributed by atoms with van der Waals surface area (Å²) in [5.74, 6) is 0.257. The minimum atomic E-state index is -0.584. The molecule has 7 heteroatoms. The number of nitrogens with zero attached hydrogens (tertiary/aromatic N) is 1. The summed E-state index contributed by atoms with van der Waals surface area (Å²) in [6.07, 6.45) is 2.18. The van der Waals surface area contributed by atoms with E-state index in [0.29, 0.717) is 24.5 Å². The van der Waals surface area contributed by atoms with E-state index in [1.807, 2.05) is 13.0 Å². The van der Waals surface area contributed by atoms with E-state index in [2.05, 4.69) is 15.3 Å². The minimum absolute atomic E-state index is 0.0809. The lowest BCUT2D eigenvalue weighted by Gasteiger charge is -2.16. The zero-order chi connectivity index (χ0) is 19.2. The first-order chi connectivity index (χ1) is 13.0. The molecule has 0 saturated carbocycles. The Morgan fingerprint density at radius 1 is 1.44 bits per heavy atom. The molecule has 2 heterocycles. The van der Waals surface area contributed by atoms with E-state index in [4.69, 9.17) is 9.47 Å². The maximum atomic E-state index is 12.4. The first-order valence-electron chi connectivity index (χ1n) is 9.30. The van der Waals surface area contributed by atoms with Crippen LogP contribution in [-0.4, -0.2) is 41.3 Å². The van der Waals surface area contributed by atoms with Crippen LogP contribution in [0.2, 0.25) is 0 Å². The summed E-state index contributed by atoms with van der Waals surface area (Å²) < 4.78 is 11.1. The minimum Gasteiger partial charge on any atom is -0.376 e. The average Bonchev–Trinajstić information content (AvgIpc) is 3.19.